The summed E-state index contributed by atoms with van der Waals surface area (Å²) >= 11 is 1.59. The first-order valence-electron chi connectivity index (χ1n) is 6.98. The van der Waals surface area contributed by atoms with Crippen LogP contribution in [0, 0.1) is 0 Å². The fraction of sp³-hybridized carbons (Fsp3) is 0.714. The van der Waals surface area contributed by atoms with E-state index in [-0.39, 0.29) is 5.97 Å². The molecule has 0 saturated carbocycles. The third kappa shape index (κ3) is 3.54. The van der Waals surface area contributed by atoms with Gasteiger partial charge < -0.3 is 9.64 Å². The number of hydrogen-bond donors (Lipinski definition) is 0. The van der Waals surface area contributed by atoms with Crippen molar-refractivity contribution in [2.45, 2.75) is 45.6 Å². The monoisotopic (exact) mass is 282 g/mol. The van der Waals surface area contributed by atoms with Crippen LogP contribution >= 0.6 is 11.3 Å². The van der Waals surface area contributed by atoms with E-state index in [4.69, 9.17) is 4.74 Å². The first-order valence-corrected chi connectivity index (χ1v) is 7.86. The number of rotatable bonds is 4. The fourth-order valence-corrected chi connectivity index (χ4v) is 3.40. The first-order chi connectivity index (χ1) is 9.11. The van der Waals surface area contributed by atoms with Crippen molar-refractivity contribution in [3.05, 3.63) is 16.1 Å². The zero-order chi connectivity index (χ0) is 13.8. The minimum Gasteiger partial charge on any atom is -0.461 e. The number of nitrogens with zero attached hydrogens (tertiary/aromatic N) is 2. The molecule has 0 aromatic carbocycles. The predicted molar refractivity (Wildman–Crippen MR) is 76.8 cm³/mol. The number of likely N-dealkylation sites (tertiary alicyclic amines) is 1. The number of carbonyl (C=O) groups is 1. The highest BCUT2D eigenvalue weighted by Gasteiger charge is 2.25. The van der Waals surface area contributed by atoms with Crippen LogP contribution in [0.2, 0.25) is 0 Å². The molecule has 106 valence electrons. The van der Waals surface area contributed by atoms with Gasteiger partial charge in [0.2, 0.25) is 0 Å². The number of carbonyl (C=O) groups excluding carboxylic acids is 1. The van der Waals surface area contributed by atoms with Gasteiger partial charge in [-0.1, -0.05) is 0 Å². The van der Waals surface area contributed by atoms with Crippen LogP contribution < -0.4 is 0 Å². The van der Waals surface area contributed by atoms with E-state index in [9.17, 15) is 4.79 Å². The Hall–Kier alpha value is -0.940. The van der Waals surface area contributed by atoms with Crippen molar-refractivity contribution < 1.29 is 9.53 Å². The zero-order valence-electron chi connectivity index (χ0n) is 11.9. The lowest BCUT2D eigenvalue weighted by molar-refractivity contribution is 0.0520. The van der Waals surface area contributed by atoms with Gasteiger partial charge in [-0.3, -0.25) is 0 Å². The second-order valence-electron chi connectivity index (χ2n) is 5.20. The SMILES string of the molecule is CCOC(=O)c1csc(C2CCN(C(C)C)CC2)n1. The van der Waals surface area contributed by atoms with Crippen LogP contribution in [0.15, 0.2) is 5.38 Å². The topological polar surface area (TPSA) is 42.4 Å². The Morgan fingerprint density at radius 3 is 2.79 bits per heavy atom. The Labute approximate surface area is 118 Å². The number of esters is 1. The molecule has 1 aromatic rings. The molecule has 0 atom stereocenters. The summed E-state index contributed by atoms with van der Waals surface area (Å²) in [6, 6.07) is 0.618. The number of thiazole rings is 1. The summed E-state index contributed by atoms with van der Waals surface area (Å²) in [6.45, 7) is 8.93. The normalized spacial score (nSPS) is 17.9. The first kappa shape index (κ1) is 14.5. The minimum atomic E-state index is -0.301. The van der Waals surface area contributed by atoms with Gasteiger partial charge in [-0.05, 0) is 46.7 Å². The lowest BCUT2D eigenvalue weighted by Gasteiger charge is -2.33. The van der Waals surface area contributed by atoms with Crippen LogP contribution in [0.5, 0.6) is 0 Å². The van der Waals surface area contributed by atoms with Crippen molar-refractivity contribution in [1.82, 2.24) is 9.88 Å². The third-order valence-corrected chi connectivity index (χ3v) is 4.62. The molecule has 1 saturated heterocycles. The average Bonchev–Trinajstić information content (AvgIpc) is 2.89. The molecule has 0 aliphatic carbocycles. The van der Waals surface area contributed by atoms with Crippen molar-refractivity contribution in [3.63, 3.8) is 0 Å². The second-order valence-corrected chi connectivity index (χ2v) is 6.09. The summed E-state index contributed by atoms with van der Waals surface area (Å²) in [4.78, 5) is 18.5. The Bertz CT molecular complexity index is 423. The van der Waals surface area contributed by atoms with Gasteiger partial charge in [0.15, 0.2) is 5.69 Å². The van der Waals surface area contributed by atoms with E-state index in [2.05, 4.69) is 23.7 Å². The predicted octanol–water partition coefficient (Wildman–Crippen LogP) is 2.91. The molecule has 0 amide bonds. The van der Waals surface area contributed by atoms with Crippen molar-refractivity contribution in [1.29, 1.82) is 0 Å². The lowest BCUT2D eigenvalue weighted by Crippen LogP contribution is -2.37. The summed E-state index contributed by atoms with van der Waals surface area (Å²) < 4.78 is 4.97. The molecule has 0 unspecified atom stereocenters. The van der Waals surface area contributed by atoms with Crippen LogP contribution in [-0.2, 0) is 4.74 Å². The highest BCUT2D eigenvalue weighted by molar-refractivity contribution is 7.09. The second kappa shape index (κ2) is 6.48. The number of hydrogen-bond acceptors (Lipinski definition) is 5. The molecule has 19 heavy (non-hydrogen) atoms. The molecule has 1 aliphatic rings. The molecule has 5 heteroatoms. The van der Waals surface area contributed by atoms with Gasteiger partial charge in [-0.15, -0.1) is 11.3 Å². The molecule has 0 bridgehead atoms. The van der Waals surface area contributed by atoms with E-state index in [1.807, 2.05) is 12.3 Å². The van der Waals surface area contributed by atoms with Crippen LogP contribution in [0.25, 0.3) is 0 Å². The van der Waals surface area contributed by atoms with Crippen LogP contribution in [0.3, 0.4) is 0 Å². The van der Waals surface area contributed by atoms with Gasteiger partial charge in [0.05, 0.1) is 11.6 Å². The highest BCUT2D eigenvalue weighted by Crippen LogP contribution is 2.31. The average molecular weight is 282 g/mol. The van der Waals surface area contributed by atoms with E-state index in [0.29, 0.717) is 24.3 Å². The summed E-state index contributed by atoms with van der Waals surface area (Å²) in [7, 11) is 0. The van der Waals surface area contributed by atoms with E-state index in [1.165, 1.54) is 0 Å². The molecule has 1 aliphatic heterocycles. The Morgan fingerprint density at radius 2 is 2.21 bits per heavy atom. The lowest BCUT2D eigenvalue weighted by atomic mass is 9.97. The molecule has 0 N–H and O–H groups in total. The molecule has 1 aromatic heterocycles. The van der Waals surface area contributed by atoms with E-state index in [0.717, 1.165) is 30.9 Å². The number of piperidine rings is 1. The zero-order valence-corrected chi connectivity index (χ0v) is 12.7. The van der Waals surface area contributed by atoms with E-state index < -0.39 is 0 Å². The molecule has 4 nitrogen and oxygen atoms in total. The Balaban J connectivity index is 1.95. The summed E-state index contributed by atoms with van der Waals surface area (Å²) in [6.07, 6.45) is 2.27. The minimum absolute atomic E-state index is 0.301. The van der Waals surface area contributed by atoms with Gasteiger partial charge in [-0.25, -0.2) is 9.78 Å². The summed E-state index contributed by atoms with van der Waals surface area (Å²) in [5.74, 6) is 0.202. The largest absolute Gasteiger partial charge is 0.461 e. The quantitative estimate of drug-likeness (QED) is 0.796. The molecular formula is C14H22N2O2S. The third-order valence-electron chi connectivity index (χ3n) is 3.62. The molecule has 1 fully saturated rings. The van der Waals surface area contributed by atoms with Gasteiger partial charge in [-0.2, -0.15) is 0 Å². The number of ether oxygens (including phenoxy) is 1. The fourth-order valence-electron chi connectivity index (χ4n) is 2.44. The molecule has 0 radical (unpaired) electrons. The van der Waals surface area contributed by atoms with Crippen LogP contribution in [0.1, 0.15) is 55.0 Å². The van der Waals surface area contributed by atoms with E-state index in [1.54, 1.807) is 11.3 Å². The van der Waals surface area contributed by atoms with Crippen molar-refractivity contribution >= 4 is 17.3 Å². The smallest absolute Gasteiger partial charge is 0.357 e. The van der Waals surface area contributed by atoms with Crippen LogP contribution in [-0.4, -0.2) is 41.6 Å². The van der Waals surface area contributed by atoms with Gasteiger partial charge >= 0.3 is 5.97 Å². The summed E-state index contributed by atoms with van der Waals surface area (Å²) in [5, 5.41) is 2.91. The Morgan fingerprint density at radius 1 is 1.53 bits per heavy atom. The standard InChI is InChI=1S/C14H22N2O2S/c1-4-18-14(17)12-9-19-13(15-12)11-5-7-16(8-6-11)10(2)3/h9-11H,4-8H2,1-3H3. The Kier molecular flexibility index (Phi) is 4.93. The maximum Gasteiger partial charge on any atom is 0.357 e. The van der Waals surface area contributed by atoms with Gasteiger partial charge in [0, 0.05) is 17.3 Å². The molecular weight excluding hydrogens is 260 g/mol. The molecule has 0 spiro atoms. The highest BCUT2D eigenvalue weighted by atomic mass is 32.1. The van der Waals surface area contributed by atoms with Crippen LogP contribution in [0.4, 0.5) is 0 Å². The van der Waals surface area contributed by atoms with E-state index >= 15 is 0 Å². The maximum atomic E-state index is 11.6. The maximum absolute atomic E-state index is 11.6. The van der Waals surface area contributed by atoms with Crippen molar-refractivity contribution in [3.8, 4) is 0 Å². The van der Waals surface area contributed by atoms with Crippen molar-refractivity contribution in [2.24, 2.45) is 0 Å². The molecule has 2 heterocycles. The van der Waals surface area contributed by atoms with Gasteiger partial charge in [0.25, 0.3) is 0 Å². The van der Waals surface area contributed by atoms with Crippen molar-refractivity contribution in [2.75, 3.05) is 19.7 Å². The van der Waals surface area contributed by atoms with Gasteiger partial charge in [0.1, 0.15) is 0 Å². The molecule has 2 rings (SSSR count). The summed E-state index contributed by atoms with van der Waals surface area (Å²) in [5.41, 5.74) is 0.466. The number of aromatic nitrogens is 1.